The average Bonchev–Trinajstić information content (AvgIpc) is 1.91. The van der Waals surface area contributed by atoms with Crippen molar-refractivity contribution in [2.75, 3.05) is 6.54 Å². The van der Waals surface area contributed by atoms with Crippen molar-refractivity contribution in [3.05, 3.63) is 11.6 Å². The fraction of sp³-hybridized carbons (Fsp3) is 0.333. The van der Waals surface area contributed by atoms with E-state index in [4.69, 9.17) is 5.26 Å². The van der Waals surface area contributed by atoms with E-state index in [9.17, 15) is 4.79 Å². The van der Waals surface area contributed by atoms with Gasteiger partial charge in [-0.15, -0.1) is 0 Å². The third kappa shape index (κ3) is 3.30. The van der Waals surface area contributed by atoms with Crippen LogP contribution in [0.3, 0.4) is 0 Å². The lowest BCUT2D eigenvalue weighted by Gasteiger charge is -1.91. The normalized spacial score (nSPS) is 10.0. The lowest BCUT2D eigenvalue weighted by Crippen LogP contribution is -2.13. The van der Waals surface area contributed by atoms with Gasteiger partial charge in [-0.2, -0.15) is 5.26 Å². The van der Waals surface area contributed by atoms with Crippen LogP contribution in [0.2, 0.25) is 0 Å². The van der Waals surface area contributed by atoms with E-state index >= 15 is 0 Å². The maximum absolute atomic E-state index is 9.69. The Kier molecular flexibility index (Phi) is 4.15. The monoisotopic (exact) mass is 124 g/mol. The van der Waals surface area contributed by atoms with Gasteiger partial charge in [0.2, 0.25) is 6.41 Å². The second kappa shape index (κ2) is 4.85. The maximum atomic E-state index is 9.69. The number of nitrogens with one attached hydrogen (secondary N) is 1. The number of carbonyl (C=O) groups excluding carboxylic acids is 1. The molecular formula is C6H8N2O. The van der Waals surface area contributed by atoms with Crippen LogP contribution in [0.1, 0.15) is 6.92 Å². The Labute approximate surface area is 54.0 Å². The lowest BCUT2D eigenvalue weighted by atomic mass is 10.3. The number of nitriles is 1. The highest BCUT2D eigenvalue weighted by molar-refractivity contribution is 5.47. The van der Waals surface area contributed by atoms with Crippen molar-refractivity contribution >= 4 is 6.41 Å². The Hall–Kier alpha value is -1.30. The van der Waals surface area contributed by atoms with Crippen LogP contribution in [0.15, 0.2) is 11.6 Å². The third-order valence-corrected chi connectivity index (χ3v) is 0.868. The molecule has 0 spiro atoms. The molecule has 0 aromatic carbocycles. The summed E-state index contributed by atoms with van der Waals surface area (Å²) in [7, 11) is 0. The van der Waals surface area contributed by atoms with E-state index in [0.717, 1.165) is 0 Å². The topological polar surface area (TPSA) is 52.9 Å². The number of hydrogen-bond acceptors (Lipinski definition) is 2. The smallest absolute Gasteiger partial charge is 0.207 e. The van der Waals surface area contributed by atoms with Crippen molar-refractivity contribution < 1.29 is 4.79 Å². The molecule has 0 bridgehead atoms. The molecule has 0 aromatic heterocycles. The number of hydrogen-bond donors (Lipinski definition) is 1. The molecule has 0 radical (unpaired) electrons. The molecule has 9 heavy (non-hydrogen) atoms. The van der Waals surface area contributed by atoms with Gasteiger partial charge in [0.1, 0.15) is 0 Å². The molecule has 1 N–H and O–H groups in total. The number of rotatable bonds is 3. The molecule has 0 saturated carbocycles. The molecule has 0 aromatic rings. The van der Waals surface area contributed by atoms with Gasteiger partial charge >= 0.3 is 0 Å². The molecule has 0 fully saturated rings. The largest absolute Gasteiger partial charge is 0.354 e. The average molecular weight is 124 g/mol. The minimum Gasteiger partial charge on any atom is -0.354 e. The molecule has 3 heteroatoms. The summed E-state index contributed by atoms with van der Waals surface area (Å²) in [5, 5.41) is 10.7. The second-order valence-electron chi connectivity index (χ2n) is 1.42. The number of allylic oxidation sites excluding steroid dienone is 1. The van der Waals surface area contributed by atoms with Gasteiger partial charge in [-0.05, 0) is 6.92 Å². The van der Waals surface area contributed by atoms with Crippen LogP contribution in [-0.4, -0.2) is 13.0 Å². The highest BCUT2D eigenvalue weighted by Crippen LogP contribution is 1.85. The van der Waals surface area contributed by atoms with E-state index in [-0.39, 0.29) is 0 Å². The van der Waals surface area contributed by atoms with Crippen LogP contribution in [-0.2, 0) is 4.79 Å². The molecule has 0 atom stereocenters. The summed E-state index contributed by atoms with van der Waals surface area (Å²) >= 11 is 0. The Bertz CT molecular complexity index is 155. The zero-order valence-corrected chi connectivity index (χ0v) is 5.22. The van der Waals surface area contributed by atoms with Gasteiger partial charge in [0.05, 0.1) is 12.6 Å². The quantitative estimate of drug-likeness (QED) is 0.431. The van der Waals surface area contributed by atoms with Crippen LogP contribution in [0.4, 0.5) is 0 Å². The first-order chi connectivity index (χ1) is 4.35. The van der Waals surface area contributed by atoms with Gasteiger partial charge in [-0.3, -0.25) is 4.79 Å². The second-order valence-corrected chi connectivity index (χ2v) is 1.42. The molecule has 0 aliphatic rings. The van der Waals surface area contributed by atoms with Crippen LogP contribution >= 0.6 is 0 Å². The molecule has 1 amide bonds. The predicted molar refractivity (Wildman–Crippen MR) is 33.4 cm³/mol. The molecule has 0 unspecified atom stereocenters. The van der Waals surface area contributed by atoms with Crippen molar-refractivity contribution in [1.29, 1.82) is 5.26 Å². The fourth-order valence-electron chi connectivity index (χ4n) is 0.358. The van der Waals surface area contributed by atoms with E-state index in [2.05, 4.69) is 5.32 Å². The van der Waals surface area contributed by atoms with Gasteiger partial charge in [0.15, 0.2) is 0 Å². The minimum atomic E-state index is 0.330. The summed E-state index contributed by atoms with van der Waals surface area (Å²) in [5.41, 5.74) is 0.571. The SMILES string of the molecule is CC=C(C#N)CNC=O. The summed E-state index contributed by atoms with van der Waals surface area (Å²) in [6.45, 7) is 2.08. The molecular weight excluding hydrogens is 116 g/mol. The van der Waals surface area contributed by atoms with E-state index in [0.29, 0.717) is 18.5 Å². The van der Waals surface area contributed by atoms with Gasteiger partial charge < -0.3 is 5.32 Å². The van der Waals surface area contributed by atoms with Gasteiger partial charge in [0.25, 0.3) is 0 Å². The minimum absolute atomic E-state index is 0.330. The Morgan fingerprint density at radius 1 is 1.89 bits per heavy atom. The summed E-state index contributed by atoms with van der Waals surface area (Å²) in [4.78, 5) is 9.69. The van der Waals surface area contributed by atoms with Gasteiger partial charge in [0, 0.05) is 5.57 Å². The molecule has 0 aliphatic heterocycles. The lowest BCUT2D eigenvalue weighted by molar-refractivity contribution is -0.109. The molecule has 48 valence electrons. The van der Waals surface area contributed by atoms with Crippen LogP contribution < -0.4 is 5.32 Å². The van der Waals surface area contributed by atoms with Crippen molar-refractivity contribution in [3.63, 3.8) is 0 Å². The Balaban J connectivity index is 3.61. The predicted octanol–water partition coefficient (Wildman–Crippen LogP) is 0.202. The van der Waals surface area contributed by atoms with Crippen LogP contribution in [0, 0.1) is 11.3 Å². The summed E-state index contributed by atoms with van der Waals surface area (Å²) in [6.07, 6.45) is 2.23. The van der Waals surface area contributed by atoms with Crippen LogP contribution in [0.25, 0.3) is 0 Å². The third-order valence-electron chi connectivity index (χ3n) is 0.868. The van der Waals surface area contributed by atoms with Crippen LogP contribution in [0.5, 0.6) is 0 Å². The zero-order chi connectivity index (χ0) is 7.11. The van der Waals surface area contributed by atoms with Crippen molar-refractivity contribution in [1.82, 2.24) is 5.32 Å². The molecule has 3 nitrogen and oxygen atoms in total. The molecule has 0 heterocycles. The maximum Gasteiger partial charge on any atom is 0.207 e. The number of amides is 1. The van der Waals surface area contributed by atoms with E-state index in [1.807, 2.05) is 6.07 Å². The van der Waals surface area contributed by atoms with E-state index in [1.54, 1.807) is 13.0 Å². The van der Waals surface area contributed by atoms with E-state index in [1.165, 1.54) is 0 Å². The first-order valence-electron chi connectivity index (χ1n) is 2.57. The van der Waals surface area contributed by atoms with Crippen molar-refractivity contribution in [2.24, 2.45) is 0 Å². The van der Waals surface area contributed by atoms with Crippen molar-refractivity contribution in [2.45, 2.75) is 6.92 Å². The molecule has 0 rings (SSSR count). The Morgan fingerprint density at radius 2 is 2.56 bits per heavy atom. The molecule has 0 aliphatic carbocycles. The van der Waals surface area contributed by atoms with Gasteiger partial charge in [-0.25, -0.2) is 0 Å². The summed E-state index contributed by atoms with van der Waals surface area (Å²) < 4.78 is 0. The van der Waals surface area contributed by atoms with Gasteiger partial charge in [-0.1, -0.05) is 6.08 Å². The highest BCUT2D eigenvalue weighted by Gasteiger charge is 1.88. The fourth-order valence-corrected chi connectivity index (χ4v) is 0.358. The molecule has 0 saturated heterocycles. The summed E-state index contributed by atoms with van der Waals surface area (Å²) in [5.74, 6) is 0. The first kappa shape index (κ1) is 7.70. The van der Waals surface area contributed by atoms with Crippen molar-refractivity contribution in [3.8, 4) is 6.07 Å². The highest BCUT2D eigenvalue weighted by atomic mass is 16.1. The first-order valence-corrected chi connectivity index (χ1v) is 2.57. The summed E-state index contributed by atoms with van der Waals surface area (Å²) in [6, 6.07) is 1.93. The standard InChI is InChI=1S/C6H8N2O/c1-2-6(3-7)4-8-5-9/h2,5H,4H2,1H3,(H,8,9). The Morgan fingerprint density at radius 3 is 2.89 bits per heavy atom. The number of carbonyl (C=O) groups is 1. The zero-order valence-electron chi connectivity index (χ0n) is 5.22. The number of nitrogens with zero attached hydrogens (tertiary/aromatic N) is 1. The van der Waals surface area contributed by atoms with E-state index < -0.39 is 0 Å².